The highest BCUT2D eigenvalue weighted by atomic mass is 16.4. The molecule has 4 fully saturated rings. The molecule has 1 amide bonds. The number of hydrogen-bond acceptors (Lipinski definition) is 5. The molecule has 0 bridgehead atoms. The van der Waals surface area contributed by atoms with Crippen LogP contribution in [0.1, 0.15) is 64.2 Å². The number of hydrogen-bond donors (Lipinski definition) is 4. The van der Waals surface area contributed by atoms with E-state index in [1.165, 1.54) is 25.7 Å². The van der Waals surface area contributed by atoms with Crippen molar-refractivity contribution in [3.63, 3.8) is 0 Å². The summed E-state index contributed by atoms with van der Waals surface area (Å²) in [6.45, 7) is 3.49. The van der Waals surface area contributed by atoms with E-state index in [4.69, 9.17) is 5.73 Å². The number of carbonyl (C=O) groups is 1. The molecule has 6 unspecified atom stereocenters. The van der Waals surface area contributed by atoms with Gasteiger partial charge in [0, 0.05) is 25.0 Å². The molecule has 2 saturated heterocycles. The predicted octanol–water partition coefficient (Wildman–Crippen LogP) is 1.61. The van der Waals surface area contributed by atoms with E-state index >= 15 is 0 Å². The lowest BCUT2D eigenvalue weighted by atomic mass is 9.56. The maximum Gasteiger partial charge on any atom is 0.455 e. The van der Waals surface area contributed by atoms with Crippen LogP contribution in [0.25, 0.3) is 0 Å². The molecule has 164 valence electrons. The van der Waals surface area contributed by atoms with Crippen molar-refractivity contribution >= 4 is 13.0 Å². The van der Waals surface area contributed by atoms with Crippen LogP contribution in [0.15, 0.2) is 0 Å². The summed E-state index contributed by atoms with van der Waals surface area (Å²) in [5.41, 5.74) is 5.93. The third kappa shape index (κ3) is 4.84. The summed E-state index contributed by atoms with van der Waals surface area (Å²) in [5.74, 6) is 2.78. The van der Waals surface area contributed by atoms with Gasteiger partial charge in [0.15, 0.2) is 0 Å². The summed E-state index contributed by atoms with van der Waals surface area (Å²) in [6.07, 6.45) is 11.0. The average Bonchev–Trinajstić information content (AvgIpc) is 2.77. The van der Waals surface area contributed by atoms with E-state index in [0.29, 0.717) is 17.9 Å². The van der Waals surface area contributed by atoms with E-state index in [9.17, 15) is 14.8 Å². The maximum absolute atomic E-state index is 13.2. The van der Waals surface area contributed by atoms with Gasteiger partial charge in [-0.15, -0.1) is 0 Å². The van der Waals surface area contributed by atoms with Crippen LogP contribution < -0.4 is 11.1 Å². The second-order valence-corrected chi connectivity index (χ2v) is 10.3. The van der Waals surface area contributed by atoms with E-state index in [0.717, 1.165) is 76.5 Å². The molecule has 4 aliphatic rings. The normalized spacial score (nSPS) is 39.1. The molecule has 29 heavy (non-hydrogen) atoms. The lowest BCUT2D eigenvalue weighted by Crippen LogP contribution is -2.53. The van der Waals surface area contributed by atoms with Gasteiger partial charge in [0.25, 0.3) is 0 Å². The van der Waals surface area contributed by atoms with Crippen LogP contribution in [-0.2, 0) is 4.79 Å². The lowest BCUT2D eigenvalue weighted by Gasteiger charge is -2.45. The fourth-order valence-electron chi connectivity index (χ4n) is 7.00. The molecule has 2 aliphatic carbocycles. The largest absolute Gasteiger partial charge is 0.455 e. The fourth-order valence-corrected chi connectivity index (χ4v) is 7.00. The Kier molecular flexibility index (Phi) is 7.20. The van der Waals surface area contributed by atoms with Crippen LogP contribution in [0, 0.1) is 29.6 Å². The van der Waals surface area contributed by atoms with Gasteiger partial charge in [-0.05, 0) is 93.9 Å². The Morgan fingerprint density at radius 3 is 2.52 bits per heavy atom. The highest BCUT2D eigenvalue weighted by molar-refractivity contribution is 6.43. The van der Waals surface area contributed by atoms with Gasteiger partial charge in [0.1, 0.15) is 0 Å². The van der Waals surface area contributed by atoms with Crippen LogP contribution in [0.5, 0.6) is 0 Å². The molecule has 2 aliphatic heterocycles. The first-order valence-corrected chi connectivity index (χ1v) is 12.1. The quantitative estimate of drug-likeness (QED) is 0.533. The molecule has 2 heterocycles. The summed E-state index contributed by atoms with van der Waals surface area (Å²) < 4.78 is 0. The molecule has 0 aromatic heterocycles. The number of fused-ring (bicyclic) bond motifs is 1. The minimum Gasteiger partial charge on any atom is -0.427 e. The van der Waals surface area contributed by atoms with Gasteiger partial charge < -0.3 is 26.0 Å². The van der Waals surface area contributed by atoms with Crippen LogP contribution in [-0.4, -0.2) is 60.2 Å². The van der Waals surface area contributed by atoms with Crippen molar-refractivity contribution in [2.45, 2.75) is 76.1 Å². The molecule has 0 aromatic carbocycles. The fraction of sp³-hybridized carbons (Fsp3) is 0.955. The Morgan fingerprint density at radius 1 is 1.00 bits per heavy atom. The van der Waals surface area contributed by atoms with Gasteiger partial charge in [0.05, 0.1) is 0 Å². The molecular formula is C22H40BN3O3. The second-order valence-electron chi connectivity index (χ2n) is 10.3. The molecule has 0 aromatic rings. The van der Waals surface area contributed by atoms with Gasteiger partial charge in [-0.1, -0.05) is 12.8 Å². The van der Waals surface area contributed by atoms with Crippen LogP contribution in [0.2, 0.25) is 5.82 Å². The van der Waals surface area contributed by atoms with E-state index in [1.807, 2.05) is 0 Å². The van der Waals surface area contributed by atoms with Gasteiger partial charge >= 0.3 is 7.12 Å². The zero-order chi connectivity index (χ0) is 20.4. The molecule has 4 rings (SSSR count). The summed E-state index contributed by atoms with van der Waals surface area (Å²) in [6, 6.07) is 0.340. The zero-order valence-electron chi connectivity index (χ0n) is 17.8. The Balaban J connectivity index is 1.29. The SMILES string of the molecule is NCC1CCCC(C2CCN(C(=O)C3CCC4NCCC(B(O)O)C4C3)CC2)C1. The summed E-state index contributed by atoms with van der Waals surface area (Å²) in [5, 5.41) is 23.1. The minimum absolute atomic E-state index is 0.0604. The summed E-state index contributed by atoms with van der Waals surface area (Å²) in [4.78, 5) is 15.4. The maximum atomic E-state index is 13.2. The standard InChI is InChI=1S/C22H40BN3O3/c24-14-15-2-1-3-17(12-15)16-7-10-26(11-8-16)22(27)18-4-5-21-19(13-18)20(23(28)29)6-9-25-21/h15-21,25,28-29H,1-14,24H2. The average molecular weight is 405 g/mol. The Hall–Kier alpha value is -0.625. The third-order valence-electron chi connectivity index (χ3n) is 8.74. The van der Waals surface area contributed by atoms with Crippen molar-refractivity contribution in [1.82, 2.24) is 10.2 Å². The first-order valence-electron chi connectivity index (χ1n) is 12.1. The van der Waals surface area contributed by atoms with Gasteiger partial charge in [-0.2, -0.15) is 0 Å². The number of nitrogens with one attached hydrogen (secondary N) is 1. The smallest absolute Gasteiger partial charge is 0.427 e. The Labute approximate surface area is 176 Å². The molecule has 2 saturated carbocycles. The molecule has 0 spiro atoms. The Morgan fingerprint density at radius 2 is 1.79 bits per heavy atom. The molecule has 6 nitrogen and oxygen atoms in total. The molecule has 6 atom stereocenters. The van der Waals surface area contributed by atoms with Gasteiger partial charge in [-0.25, -0.2) is 0 Å². The van der Waals surface area contributed by atoms with Crippen molar-refractivity contribution in [3.05, 3.63) is 0 Å². The number of rotatable bonds is 4. The van der Waals surface area contributed by atoms with Crippen LogP contribution in [0.3, 0.4) is 0 Å². The number of amides is 1. The molecule has 7 heteroatoms. The van der Waals surface area contributed by atoms with Crippen molar-refractivity contribution in [2.75, 3.05) is 26.2 Å². The van der Waals surface area contributed by atoms with Crippen molar-refractivity contribution in [3.8, 4) is 0 Å². The van der Waals surface area contributed by atoms with Crippen LogP contribution in [0.4, 0.5) is 0 Å². The number of nitrogens with zero attached hydrogens (tertiary/aromatic N) is 1. The van der Waals surface area contributed by atoms with E-state index in [-0.39, 0.29) is 17.7 Å². The van der Waals surface area contributed by atoms with Crippen LogP contribution >= 0.6 is 0 Å². The second kappa shape index (κ2) is 9.67. The van der Waals surface area contributed by atoms with Crippen molar-refractivity contribution in [2.24, 2.45) is 35.3 Å². The zero-order valence-corrected chi connectivity index (χ0v) is 17.8. The van der Waals surface area contributed by atoms with E-state index < -0.39 is 7.12 Å². The third-order valence-corrected chi connectivity index (χ3v) is 8.74. The minimum atomic E-state index is -1.26. The molecule has 5 N–H and O–H groups in total. The Bertz CT molecular complexity index is 555. The lowest BCUT2D eigenvalue weighted by molar-refractivity contribution is -0.139. The predicted molar refractivity (Wildman–Crippen MR) is 115 cm³/mol. The number of carbonyl (C=O) groups excluding carboxylic acids is 1. The van der Waals surface area contributed by atoms with Gasteiger partial charge in [-0.3, -0.25) is 4.79 Å². The van der Waals surface area contributed by atoms with Crippen molar-refractivity contribution < 1.29 is 14.8 Å². The first-order chi connectivity index (χ1) is 14.1. The molecular weight excluding hydrogens is 365 g/mol. The summed E-state index contributed by atoms with van der Waals surface area (Å²) in [7, 11) is -1.26. The van der Waals surface area contributed by atoms with E-state index in [2.05, 4.69) is 10.2 Å². The summed E-state index contributed by atoms with van der Waals surface area (Å²) >= 11 is 0. The highest BCUT2D eigenvalue weighted by Gasteiger charge is 2.45. The number of nitrogens with two attached hydrogens (primary N) is 1. The number of piperidine rings is 2. The first kappa shape index (κ1) is 21.6. The highest BCUT2D eigenvalue weighted by Crippen LogP contribution is 2.43. The van der Waals surface area contributed by atoms with E-state index in [1.54, 1.807) is 0 Å². The van der Waals surface area contributed by atoms with Gasteiger partial charge in [0.2, 0.25) is 5.91 Å². The monoisotopic (exact) mass is 405 g/mol. The van der Waals surface area contributed by atoms with Crippen molar-refractivity contribution in [1.29, 1.82) is 0 Å². The topological polar surface area (TPSA) is 98.8 Å². The number of likely N-dealkylation sites (tertiary alicyclic amines) is 1. The molecule has 0 radical (unpaired) electrons.